The van der Waals surface area contributed by atoms with Gasteiger partial charge in [0.05, 0.1) is 12.5 Å². The van der Waals surface area contributed by atoms with E-state index in [9.17, 15) is 0 Å². The molecule has 2 saturated heterocycles. The number of rotatable bonds is 5. The summed E-state index contributed by atoms with van der Waals surface area (Å²) in [5.74, 6) is 2.68. The van der Waals surface area contributed by atoms with Gasteiger partial charge in [-0.1, -0.05) is 25.7 Å². The van der Waals surface area contributed by atoms with E-state index in [1.54, 1.807) is 12.5 Å². The monoisotopic (exact) mass is 383 g/mol. The van der Waals surface area contributed by atoms with Gasteiger partial charge in [0, 0.05) is 26.2 Å². The van der Waals surface area contributed by atoms with Gasteiger partial charge in [-0.3, -0.25) is 0 Å². The van der Waals surface area contributed by atoms with E-state index in [0.717, 1.165) is 38.1 Å². The summed E-state index contributed by atoms with van der Waals surface area (Å²) >= 11 is 0. The summed E-state index contributed by atoms with van der Waals surface area (Å²) < 4.78 is 5.28. The van der Waals surface area contributed by atoms with Crippen LogP contribution in [-0.4, -0.2) is 47.3 Å². The molecule has 0 amide bonds. The Labute approximate surface area is 166 Å². The van der Waals surface area contributed by atoms with E-state index >= 15 is 0 Å². The molecule has 0 radical (unpaired) electrons. The molecule has 2 aromatic heterocycles. The van der Waals surface area contributed by atoms with E-state index in [2.05, 4.69) is 30.3 Å². The van der Waals surface area contributed by atoms with Crippen LogP contribution in [0, 0.1) is 0 Å². The van der Waals surface area contributed by atoms with Crippen LogP contribution in [-0.2, 0) is 0 Å². The van der Waals surface area contributed by atoms with Crippen molar-refractivity contribution in [3.63, 3.8) is 0 Å². The van der Waals surface area contributed by atoms with E-state index in [1.165, 1.54) is 51.4 Å². The van der Waals surface area contributed by atoms with E-state index in [0.29, 0.717) is 11.7 Å². The van der Waals surface area contributed by atoms with Crippen molar-refractivity contribution in [2.75, 3.05) is 41.4 Å². The summed E-state index contributed by atoms with van der Waals surface area (Å²) in [5, 5.41) is 4.24. The van der Waals surface area contributed by atoms with Gasteiger partial charge in [-0.05, 0) is 37.8 Å². The predicted molar refractivity (Wildman–Crippen MR) is 111 cm³/mol. The zero-order valence-electron chi connectivity index (χ0n) is 16.4. The van der Waals surface area contributed by atoms with Crippen LogP contribution in [0.1, 0.15) is 57.1 Å². The van der Waals surface area contributed by atoms with Gasteiger partial charge < -0.3 is 14.2 Å². The number of furan rings is 1. The van der Waals surface area contributed by atoms with Gasteiger partial charge in [-0.15, -0.1) is 0 Å². The zero-order valence-corrected chi connectivity index (χ0v) is 16.4. The first kappa shape index (κ1) is 18.7. The normalized spacial score (nSPS) is 18.9. The second kappa shape index (κ2) is 9.52. The van der Waals surface area contributed by atoms with Crippen LogP contribution in [0.2, 0.25) is 0 Å². The molecule has 28 heavy (non-hydrogen) atoms. The maximum absolute atomic E-state index is 5.28. The van der Waals surface area contributed by atoms with Crippen molar-refractivity contribution >= 4 is 24.1 Å². The van der Waals surface area contributed by atoms with Crippen molar-refractivity contribution in [1.82, 2.24) is 15.0 Å². The highest BCUT2D eigenvalue weighted by molar-refractivity contribution is 5.76. The minimum Gasteiger partial charge on any atom is -0.463 e. The maximum Gasteiger partial charge on any atom is 0.250 e. The van der Waals surface area contributed by atoms with Crippen LogP contribution < -0.4 is 15.2 Å². The fraction of sp³-hybridized carbons (Fsp3) is 0.600. The zero-order chi connectivity index (χ0) is 19.0. The Bertz CT molecular complexity index is 708. The molecule has 4 rings (SSSR count). The highest BCUT2D eigenvalue weighted by atomic mass is 16.3. The van der Waals surface area contributed by atoms with Crippen molar-refractivity contribution in [3.05, 3.63) is 24.2 Å². The highest BCUT2D eigenvalue weighted by Crippen LogP contribution is 2.22. The number of nitrogens with one attached hydrogen (secondary N) is 1. The Morgan fingerprint density at radius 1 is 0.821 bits per heavy atom. The SMILES string of the molecule is C(=N\Nc1nc(N2CCCCCC2)nc(N2CCCCCC2)n1)/c1ccco1. The lowest BCUT2D eigenvalue weighted by Gasteiger charge is -2.24. The third kappa shape index (κ3) is 4.99. The molecule has 2 fully saturated rings. The number of hydrogen-bond donors (Lipinski definition) is 1. The molecule has 1 N–H and O–H groups in total. The van der Waals surface area contributed by atoms with E-state index in [-0.39, 0.29) is 0 Å². The van der Waals surface area contributed by atoms with Crippen molar-refractivity contribution in [3.8, 4) is 0 Å². The van der Waals surface area contributed by atoms with Gasteiger partial charge in [0.2, 0.25) is 17.8 Å². The van der Waals surface area contributed by atoms with E-state index < -0.39 is 0 Å². The predicted octanol–water partition coefficient (Wildman–Crippen LogP) is 3.67. The lowest BCUT2D eigenvalue weighted by Crippen LogP contribution is -2.30. The molecule has 0 saturated carbocycles. The number of hydrogen-bond acceptors (Lipinski definition) is 8. The first-order chi connectivity index (χ1) is 13.9. The summed E-state index contributed by atoms with van der Waals surface area (Å²) in [4.78, 5) is 18.7. The molecule has 0 atom stereocenters. The molecule has 2 aliphatic rings. The minimum absolute atomic E-state index is 0.483. The fourth-order valence-corrected chi connectivity index (χ4v) is 3.75. The standard InChI is InChI=1S/C20H29N7O/c1-2-6-12-26(11-5-1)19-22-18(25-21-16-17-10-9-15-28-17)23-20(24-19)27-13-7-3-4-8-14-27/h9-10,15-16H,1-8,11-14H2,(H,22,23,24,25)/b21-16+. The molecule has 0 aliphatic carbocycles. The summed E-state index contributed by atoms with van der Waals surface area (Å²) in [6.45, 7) is 3.99. The Morgan fingerprint density at radius 3 is 1.89 bits per heavy atom. The fourth-order valence-electron chi connectivity index (χ4n) is 3.75. The van der Waals surface area contributed by atoms with Crippen LogP contribution in [0.25, 0.3) is 0 Å². The molecule has 4 heterocycles. The molecule has 0 bridgehead atoms. The highest BCUT2D eigenvalue weighted by Gasteiger charge is 2.19. The number of hydrazone groups is 1. The first-order valence-electron chi connectivity index (χ1n) is 10.5. The summed E-state index contributed by atoms with van der Waals surface area (Å²) in [6, 6.07) is 3.68. The third-order valence-corrected chi connectivity index (χ3v) is 5.29. The molecule has 2 aromatic rings. The lowest BCUT2D eigenvalue weighted by molar-refractivity contribution is 0.560. The van der Waals surface area contributed by atoms with Gasteiger partial charge in [0.25, 0.3) is 0 Å². The second-order valence-electron chi connectivity index (χ2n) is 7.45. The summed E-state index contributed by atoms with van der Waals surface area (Å²) in [6.07, 6.45) is 13.1. The largest absolute Gasteiger partial charge is 0.463 e. The van der Waals surface area contributed by atoms with Crippen LogP contribution in [0.5, 0.6) is 0 Å². The van der Waals surface area contributed by atoms with E-state index in [1.807, 2.05) is 12.1 Å². The molecular weight excluding hydrogens is 354 g/mol. The van der Waals surface area contributed by atoms with Crippen molar-refractivity contribution in [2.24, 2.45) is 5.10 Å². The molecule has 2 aliphatic heterocycles. The summed E-state index contributed by atoms with van der Waals surface area (Å²) in [7, 11) is 0. The van der Waals surface area contributed by atoms with Crippen LogP contribution in [0.3, 0.4) is 0 Å². The van der Waals surface area contributed by atoms with E-state index in [4.69, 9.17) is 9.40 Å². The minimum atomic E-state index is 0.483. The van der Waals surface area contributed by atoms with Gasteiger partial charge >= 0.3 is 0 Å². The number of anilines is 3. The maximum atomic E-state index is 5.28. The number of aromatic nitrogens is 3. The Kier molecular flexibility index (Phi) is 6.36. The van der Waals surface area contributed by atoms with Crippen LogP contribution in [0.4, 0.5) is 17.8 Å². The van der Waals surface area contributed by atoms with Crippen molar-refractivity contribution in [1.29, 1.82) is 0 Å². The molecule has 0 unspecified atom stereocenters. The van der Waals surface area contributed by atoms with Crippen molar-refractivity contribution < 1.29 is 4.42 Å². The van der Waals surface area contributed by atoms with Crippen LogP contribution >= 0.6 is 0 Å². The van der Waals surface area contributed by atoms with Gasteiger partial charge in [-0.25, -0.2) is 5.43 Å². The van der Waals surface area contributed by atoms with Crippen LogP contribution in [0.15, 0.2) is 27.9 Å². The number of nitrogens with zero attached hydrogens (tertiary/aromatic N) is 6. The van der Waals surface area contributed by atoms with Gasteiger partial charge in [-0.2, -0.15) is 20.1 Å². The Balaban J connectivity index is 1.57. The van der Waals surface area contributed by atoms with Crippen molar-refractivity contribution in [2.45, 2.75) is 51.4 Å². The third-order valence-electron chi connectivity index (χ3n) is 5.29. The Morgan fingerprint density at radius 2 is 1.39 bits per heavy atom. The molecular formula is C20H29N7O. The second-order valence-corrected chi connectivity index (χ2v) is 7.45. The lowest BCUT2D eigenvalue weighted by atomic mass is 10.2. The van der Waals surface area contributed by atoms with Gasteiger partial charge in [0.15, 0.2) is 0 Å². The molecule has 0 spiro atoms. The quantitative estimate of drug-likeness (QED) is 0.623. The molecule has 8 heteroatoms. The first-order valence-corrected chi connectivity index (χ1v) is 10.5. The summed E-state index contributed by atoms with van der Waals surface area (Å²) in [5.41, 5.74) is 2.97. The average Bonchev–Trinajstić information content (AvgIpc) is 2.95. The van der Waals surface area contributed by atoms with Gasteiger partial charge in [0.1, 0.15) is 5.76 Å². The topological polar surface area (TPSA) is 82.7 Å². The molecule has 150 valence electrons. The Hall–Kier alpha value is -2.64. The molecule has 8 nitrogen and oxygen atoms in total. The average molecular weight is 384 g/mol. The smallest absolute Gasteiger partial charge is 0.250 e. The molecule has 0 aromatic carbocycles.